The molecular formula is C22H28N6O. The zero-order valence-corrected chi connectivity index (χ0v) is 17.4. The first-order valence-electron chi connectivity index (χ1n) is 9.80. The molecule has 1 aliphatic rings. The number of hydrogen-bond acceptors (Lipinski definition) is 6. The summed E-state index contributed by atoms with van der Waals surface area (Å²) in [6, 6.07) is 14.0. The van der Waals surface area contributed by atoms with Crippen molar-refractivity contribution < 1.29 is 4.79 Å². The average molecular weight is 393 g/mol. The molecule has 1 aromatic heterocycles. The summed E-state index contributed by atoms with van der Waals surface area (Å²) in [6.07, 6.45) is 1.71. The summed E-state index contributed by atoms with van der Waals surface area (Å²) in [5.41, 5.74) is 2.86. The Morgan fingerprint density at radius 1 is 1.10 bits per heavy atom. The van der Waals surface area contributed by atoms with Crippen molar-refractivity contribution >= 4 is 17.4 Å². The fourth-order valence-corrected chi connectivity index (χ4v) is 3.43. The van der Waals surface area contributed by atoms with Gasteiger partial charge in [0.25, 0.3) is 0 Å². The number of pyridine rings is 1. The van der Waals surface area contributed by atoms with Gasteiger partial charge in [0.05, 0.1) is 12.1 Å². The van der Waals surface area contributed by atoms with Crippen molar-refractivity contribution in [3.8, 4) is 6.07 Å². The molecule has 1 fully saturated rings. The highest BCUT2D eigenvalue weighted by Crippen LogP contribution is 2.18. The second kappa shape index (κ2) is 9.39. The van der Waals surface area contributed by atoms with E-state index < -0.39 is 0 Å². The number of nitriles is 1. The molecule has 7 nitrogen and oxygen atoms in total. The van der Waals surface area contributed by atoms with E-state index in [1.807, 2.05) is 21.1 Å². The zero-order chi connectivity index (χ0) is 20.8. The summed E-state index contributed by atoms with van der Waals surface area (Å²) in [5.74, 6) is 0.852. The molecule has 1 aliphatic heterocycles. The summed E-state index contributed by atoms with van der Waals surface area (Å²) in [5, 5.41) is 9.26. The van der Waals surface area contributed by atoms with Crippen LogP contribution in [0.2, 0.25) is 0 Å². The van der Waals surface area contributed by atoms with Gasteiger partial charge < -0.3 is 14.7 Å². The van der Waals surface area contributed by atoms with Crippen molar-refractivity contribution in [2.75, 3.05) is 63.7 Å². The Bertz CT molecular complexity index is 866. The quantitative estimate of drug-likeness (QED) is 0.747. The summed E-state index contributed by atoms with van der Waals surface area (Å²) in [6.45, 7) is 4.08. The lowest BCUT2D eigenvalue weighted by Gasteiger charge is -2.35. The van der Waals surface area contributed by atoms with E-state index in [0.717, 1.165) is 43.2 Å². The van der Waals surface area contributed by atoms with Crippen molar-refractivity contribution in [1.29, 1.82) is 5.26 Å². The molecule has 0 saturated carbocycles. The lowest BCUT2D eigenvalue weighted by molar-refractivity contribution is -0.131. The first kappa shape index (κ1) is 20.6. The number of anilines is 2. The van der Waals surface area contributed by atoms with Crippen LogP contribution in [-0.2, 0) is 11.3 Å². The van der Waals surface area contributed by atoms with Gasteiger partial charge in [-0.1, -0.05) is 12.1 Å². The maximum Gasteiger partial charge on any atom is 0.236 e. The molecular weight excluding hydrogens is 364 g/mol. The highest BCUT2D eigenvalue weighted by atomic mass is 16.2. The smallest absolute Gasteiger partial charge is 0.236 e. The first-order chi connectivity index (χ1) is 14.0. The van der Waals surface area contributed by atoms with Gasteiger partial charge in [-0.15, -0.1) is 0 Å². The van der Waals surface area contributed by atoms with E-state index in [1.165, 1.54) is 0 Å². The number of rotatable bonds is 6. The molecule has 2 heterocycles. The molecule has 2 aromatic rings. The van der Waals surface area contributed by atoms with Crippen molar-refractivity contribution in [1.82, 2.24) is 14.8 Å². The molecule has 0 N–H and O–H groups in total. The fraction of sp³-hybridized carbons (Fsp3) is 0.409. The molecule has 1 amide bonds. The molecule has 0 radical (unpaired) electrons. The van der Waals surface area contributed by atoms with E-state index in [2.05, 4.69) is 50.0 Å². The Hall–Kier alpha value is -3.11. The standard InChI is InChI=1S/C22H28N6O/c1-25(2)20-8-6-18(7-9-20)16-26(3)21(29)17-27-11-13-28(14-12-27)22-19(15-23)5-4-10-24-22/h4-10H,11-14,16-17H2,1-3H3. The molecule has 0 aliphatic carbocycles. The molecule has 3 rings (SSSR count). The van der Waals surface area contributed by atoms with Crippen molar-refractivity contribution in [2.24, 2.45) is 0 Å². The molecule has 0 atom stereocenters. The Balaban J connectivity index is 1.49. The predicted octanol–water partition coefficient (Wildman–Crippen LogP) is 1.80. The topological polar surface area (TPSA) is 66.7 Å². The third-order valence-electron chi connectivity index (χ3n) is 5.24. The molecule has 0 unspecified atom stereocenters. The van der Waals surface area contributed by atoms with E-state index in [0.29, 0.717) is 18.7 Å². The van der Waals surface area contributed by atoms with E-state index in [1.54, 1.807) is 23.2 Å². The highest BCUT2D eigenvalue weighted by molar-refractivity contribution is 5.78. The number of aromatic nitrogens is 1. The van der Waals surface area contributed by atoms with Gasteiger partial charge in [0, 0.05) is 65.8 Å². The maximum absolute atomic E-state index is 12.6. The fourth-order valence-electron chi connectivity index (χ4n) is 3.43. The number of piperazine rings is 1. The minimum absolute atomic E-state index is 0.116. The van der Waals surface area contributed by atoms with Crippen LogP contribution < -0.4 is 9.80 Å². The van der Waals surface area contributed by atoms with Crippen molar-refractivity contribution in [3.05, 3.63) is 53.7 Å². The number of nitrogens with zero attached hydrogens (tertiary/aromatic N) is 6. The van der Waals surface area contributed by atoms with Crippen molar-refractivity contribution in [2.45, 2.75) is 6.54 Å². The number of carbonyl (C=O) groups is 1. The summed E-state index contributed by atoms with van der Waals surface area (Å²) >= 11 is 0. The molecule has 29 heavy (non-hydrogen) atoms. The highest BCUT2D eigenvalue weighted by Gasteiger charge is 2.22. The van der Waals surface area contributed by atoms with Gasteiger partial charge in [-0.2, -0.15) is 5.26 Å². The summed E-state index contributed by atoms with van der Waals surface area (Å²) in [7, 11) is 5.88. The Labute approximate surface area is 172 Å². The average Bonchev–Trinajstić information content (AvgIpc) is 2.74. The van der Waals surface area contributed by atoms with E-state index in [-0.39, 0.29) is 5.91 Å². The summed E-state index contributed by atoms with van der Waals surface area (Å²) < 4.78 is 0. The zero-order valence-electron chi connectivity index (χ0n) is 17.4. The van der Waals surface area contributed by atoms with Crippen LogP contribution in [0.5, 0.6) is 0 Å². The van der Waals surface area contributed by atoms with Gasteiger partial charge in [-0.3, -0.25) is 9.69 Å². The van der Waals surface area contributed by atoms with Crippen LogP contribution in [0, 0.1) is 11.3 Å². The van der Waals surface area contributed by atoms with E-state index >= 15 is 0 Å². The number of benzene rings is 1. The van der Waals surface area contributed by atoms with Gasteiger partial charge in [-0.25, -0.2) is 4.98 Å². The second-order valence-electron chi connectivity index (χ2n) is 7.56. The molecule has 1 saturated heterocycles. The number of likely N-dealkylation sites (N-methyl/N-ethyl adjacent to an activating group) is 1. The maximum atomic E-state index is 12.6. The van der Waals surface area contributed by atoms with Gasteiger partial charge >= 0.3 is 0 Å². The lowest BCUT2D eigenvalue weighted by atomic mass is 10.2. The normalized spacial score (nSPS) is 14.3. The number of carbonyl (C=O) groups excluding carboxylic acids is 1. The van der Waals surface area contributed by atoms with Crippen LogP contribution in [0.4, 0.5) is 11.5 Å². The molecule has 1 aromatic carbocycles. The van der Waals surface area contributed by atoms with Gasteiger partial charge in [-0.05, 0) is 29.8 Å². The summed E-state index contributed by atoms with van der Waals surface area (Å²) in [4.78, 5) is 25.1. The van der Waals surface area contributed by atoms with Crippen LogP contribution in [-0.4, -0.2) is 74.6 Å². The van der Waals surface area contributed by atoms with Gasteiger partial charge in [0.1, 0.15) is 11.9 Å². The van der Waals surface area contributed by atoms with Crippen LogP contribution in [0.3, 0.4) is 0 Å². The predicted molar refractivity (Wildman–Crippen MR) is 115 cm³/mol. The first-order valence-corrected chi connectivity index (χ1v) is 9.80. The third kappa shape index (κ3) is 5.24. The van der Waals surface area contributed by atoms with Crippen LogP contribution in [0.1, 0.15) is 11.1 Å². The Morgan fingerprint density at radius 2 is 1.79 bits per heavy atom. The Morgan fingerprint density at radius 3 is 2.41 bits per heavy atom. The van der Waals surface area contributed by atoms with Gasteiger partial charge in [0.15, 0.2) is 0 Å². The third-order valence-corrected chi connectivity index (χ3v) is 5.24. The Kier molecular flexibility index (Phi) is 6.68. The van der Waals surface area contributed by atoms with E-state index in [9.17, 15) is 10.1 Å². The largest absolute Gasteiger partial charge is 0.378 e. The van der Waals surface area contributed by atoms with Crippen LogP contribution in [0.25, 0.3) is 0 Å². The van der Waals surface area contributed by atoms with E-state index in [4.69, 9.17) is 0 Å². The minimum Gasteiger partial charge on any atom is -0.378 e. The molecule has 152 valence electrons. The second-order valence-corrected chi connectivity index (χ2v) is 7.56. The molecule has 0 spiro atoms. The lowest BCUT2D eigenvalue weighted by Crippen LogP contribution is -2.50. The SMILES string of the molecule is CN(Cc1ccc(N(C)C)cc1)C(=O)CN1CCN(c2ncccc2C#N)CC1. The monoisotopic (exact) mass is 392 g/mol. The van der Waals surface area contributed by atoms with Crippen LogP contribution in [0.15, 0.2) is 42.6 Å². The van der Waals surface area contributed by atoms with Crippen molar-refractivity contribution in [3.63, 3.8) is 0 Å². The number of amides is 1. The number of hydrogen-bond donors (Lipinski definition) is 0. The molecule has 0 bridgehead atoms. The minimum atomic E-state index is 0.116. The molecule has 7 heteroatoms. The van der Waals surface area contributed by atoms with Gasteiger partial charge in [0.2, 0.25) is 5.91 Å². The van der Waals surface area contributed by atoms with Crippen LogP contribution >= 0.6 is 0 Å².